The van der Waals surface area contributed by atoms with Crippen LogP contribution < -0.4 is 14.8 Å². The lowest BCUT2D eigenvalue weighted by Gasteiger charge is -2.40. The second-order valence-electron chi connectivity index (χ2n) is 15.3. The van der Waals surface area contributed by atoms with E-state index in [1.54, 1.807) is 32.7 Å². The molecule has 3 heterocycles. The molecule has 1 saturated heterocycles. The van der Waals surface area contributed by atoms with Crippen LogP contribution in [0.15, 0.2) is 122 Å². The highest BCUT2D eigenvalue weighted by atomic mass is 28.4. The number of anilines is 1. The molecule has 1 aliphatic rings. The molecule has 0 bridgehead atoms. The van der Waals surface area contributed by atoms with Crippen molar-refractivity contribution in [2.75, 3.05) is 26.1 Å². The summed E-state index contributed by atoms with van der Waals surface area (Å²) in [5, 5.41) is 2.83. The van der Waals surface area contributed by atoms with Crippen LogP contribution in [0.3, 0.4) is 0 Å². The van der Waals surface area contributed by atoms with E-state index in [1.807, 2.05) is 89.5 Å². The first kappa shape index (κ1) is 38.9. The minimum atomic E-state index is -2.32. The van der Waals surface area contributed by atoms with E-state index in [0.717, 1.165) is 28.2 Å². The van der Waals surface area contributed by atoms with E-state index in [2.05, 4.69) is 72.7 Å². The standard InChI is InChI=1S/C44H48N5O6Si/c1-43(2,3)56(6,7)55-36-26-38(49-29-47-39-40(45-28-46-41(39)49)48-42(50)30-14-10-8-11-15-30)54-37(36)27-53-44(31-16-12-9-13-17-31,32-18-22-34(51-4)23-19-32)33-20-24-35(52-5)25-21-33/h8-26,28-29,36-38H,27H2,1-7H3,(H,45,46,48,50)/t36-,37-,38-/m1/s1. The van der Waals surface area contributed by atoms with Crippen LogP contribution in [0.4, 0.5) is 5.82 Å². The van der Waals surface area contributed by atoms with Crippen LogP contribution in [0.25, 0.3) is 11.2 Å². The number of amides is 1. The van der Waals surface area contributed by atoms with Crippen LogP contribution >= 0.6 is 0 Å². The van der Waals surface area contributed by atoms with Crippen LogP contribution in [0.2, 0.25) is 18.1 Å². The van der Waals surface area contributed by atoms with Gasteiger partial charge in [0.05, 0.1) is 33.3 Å². The summed E-state index contributed by atoms with van der Waals surface area (Å²) in [6, 6.07) is 35.1. The third-order valence-electron chi connectivity index (χ3n) is 10.8. The average molecular weight is 771 g/mol. The lowest BCUT2D eigenvalue weighted by Crippen LogP contribution is -2.47. The molecule has 11 nitrogen and oxygen atoms in total. The van der Waals surface area contributed by atoms with Gasteiger partial charge in [-0.15, -0.1) is 0 Å². The van der Waals surface area contributed by atoms with E-state index in [1.165, 1.54) is 6.33 Å². The number of carbonyl (C=O) groups excluding carboxylic acids is 1. The van der Waals surface area contributed by atoms with Gasteiger partial charge in [-0.25, -0.2) is 15.0 Å². The first-order chi connectivity index (χ1) is 26.9. The number of methoxy groups -OCH3 is 2. The van der Waals surface area contributed by atoms with Crippen molar-refractivity contribution in [1.82, 2.24) is 19.5 Å². The number of ether oxygens (including phenoxy) is 4. The van der Waals surface area contributed by atoms with Crippen LogP contribution in [0.5, 0.6) is 11.5 Å². The molecule has 1 radical (unpaired) electrons. The monoisotopic (exact) mass is 770 g/mol. The van der Waals surface area contributed by atoms with E-state index in [4.69, 9.17) is 23.4 Å². The van der Waals surface area contributed by atoms with Crippen molar-refractivity contribution >= 4 is 31.2 Å². The topological polar surface area (TPSA) is 119 Å². The summed E-state index contributed by atoms with van der Waals surface area (Å²) in [5.74, 6) is 1.49. The number of hydrogen-bond acceptors (Lipinski definition) is 9. The minimum absolute atomic E-state index is 0.0644. The summed E-state index contributed by atoms with van der Waals surface area (Å²) in [7, 11) is 0.992. The van der Waals surface area contributed by atoms with Crippen molar-refractivity contribution in [3.05, 3.63) is 151 Å². The Balaban J connectivity index is 1.26. The predicted octanol–water partition coefficient (Wildman–Crippen LogP) is 8.60. The largest absolute Gasteiger partial charge is 0.497 e. The maximum atomic E-state index is 13.1. The molecule has 1 amide bonds. The molecule has 12 heteroatoms. The molecule has 1 aliphatic heterocycles. The van der Waals surface area contributed by atoms with Gasteiger partial charge in [-0.3, -0.25) is 9.36 Å². The van der Waals surface area contributed by atoms with Crippen molar-refractivity contribution in [2.45, 2.75) is 62.9 Å². The number of hydrogen-bond donors (Lipinski definition) is 1. The van der Waals surface area contributed by atoms with Gasteiger partial charge in [0.2, 0.25) is 0 Å². The molecule has 4 aromatic carbocycles. The van der Waals surface area contributed by atoms with Gasteiger partial charge in [0.1, 0.15) is 35.8 Å². The maximum absolute atomic E-state index is 13.1. The number of benzene rings is 4. The molecule has 1 N–H and O–H groups in total. The van der Waals surface area contributed by atoms with Crippen molar-refractivity contribution < 1.29 is 28.2 Å². The van der Waals surface area contributed by atoms with Crippen molar-refractivity contribution in [3.63, 3.8) is 0 Å². The fourth-order valence-electron chi connectivity index (χ4n) is 6.69. The number of nitrogens with zero attached hydrogens (tertiary/aromatic N) is 4. The van der Waals surface area contributed by atoms with Gasteiger partial charge in [-0.05, 0) is 71.2 Å². The van der Waals surface area contributed by atoms with Gasteiger partial charge in [0.15, 0.2) is 25.3 Å². The normalized spacial score (nSPS) is 17.5. The van der Waals surface area contributed by atoms with Crippen LogP contribution in [0.1, 0.15) is 54.0 Å². The Morgan fingerprint density at radius 3 is 1.93 bits per heavy atom. The average Bonchev–Trinajstić information content (AvgIpc) is 3.83. The van der Waals surface area contributed by atoms with Crippen LogP contribution in [0, 0.1) is 6.42 Å². The zero-order valence-corrected chi connectivity index (χ0v) is 33.8. The molecule has 3 atom stereocenters. The highest BCUT2D eigenvalue weighted by molar-refractivity contribution is 6.74. The zero-order valence-electron chi connectivity index (χ0n) is 32.8. The minimum Gasteiger partial charge on any atom is -0.497 e. The first-order valence-corrected chi connectivity index (χ1v) is 21.5. The number of nitrogens with one attached hydrogen (secondary N) is 1. The fourth-order valence-corrected chi connectivity index (χ4v) is 7.96. The van der Waals surface area contributed by atoms with E-state index in [-0.39, 0.29) is 17.6 Å². The van der Waals surface area contributed by atoms with Gasteiger partial charge >= 0.3 is 0 Å². The second-order valence-corrected chi connectivity index (χ2v) is 20.0. The van der Waals surface area contributed by atoms with Crippen molar-refractivity contribution in [1.29, 1.82) is 0 Å². The summed E-state index contributed by atoms with van der Waals surface area (Å²) in [6.07, 6.45) is 3.57. The van der Waals surface area contributed by atoms with Crippen LogP contribution in [-0.2, 0) is 19.5 Å². The molecule has 56 heavy (non-hydrogen) atoms. The number of carbonyl (C=O) groups is 1. The van der Waals surface area contributed by atoms with E-state index in [9.17, 15) is 4.79 Å². The number of aromatic nitrogens is 4. The SMILES string of the molecule is COc1ccc(C(OC[C@H]2O[C@@H](n3cnc4c(NC(=O)c5ccccc5)ncnc43)[CH][C@H]2O[Si](C)(C)C(C)(C)C)(c2ccccc2)c2ccc(OC)cc2)cc1. The number of imidazole rings is 1. The molecule has 0 unspecified atom stereocenters. The molecule has 2 aromatic heterocycles. The van der Waals surface area contributed by atoms with Gasteiger partial charge in [-0.1, -0.05) is 93.6 Å². The van der Waals surface area contributed by atoms with E-state index >= 15 is 0 Å². The van der Waals surface area contributed by atoms with E-state index in [0.29, 0.717) is 22.5 Å². The lowest BCUT2D eigenvalue weighted by atomic mass is 9.80. The van der Waals surface area contributed by atoms with Gasteiger partial charge < -0.3 is 28.7 Å². The smallest absolute Gasteiger partial charge is 0.256 e. The highest BCUT2D eigenvalue weighted by Gasteiger charge is 2.47. The molecule has 289 valence electrons. The summed E-state index contributed by atoms with van der Waals surface area (Å²) >= 11 is 0. The molecule has 0 spiro atoms. The maximum Gasteiger partial charge on any atom is 0.256 e. The fraction of sp³-hybridized carbons (Fsp3) is 0.295. The third-order valence-corrected chi connectivity index (χ3v) is 15.3. The molecular weight excluding hydrogens is 723 g/mol. The first-order valence-electron chi connectivity index (χ1n) is 18.6. The van der Waals surface area contributed by atoms with Gasteiger partial charge in [-0.2, -0.15) is 0 Å². The van der Waals surface area contributed by atoms with Gasteiger partial charge in [0.25, 0.3) is 5.91 Å². The third kappa shape index (κ3) is 7.70. The Labute approximate surface area is 329 Å². The Hall–Kier alpha value is -5.40. The highest BCUT2D eigenvalue weighted by Crippen LogP contribution is 2.45. The molecular formula is C44H48N5O6Si. The molecule has 6 aromatic rings. The summed E-state index contributed by atoms with van der Waals surface area (Å²) in [6.45, 7) is 11.3. The quantitative estimate of drug-likeness (QED) is 0.0910. The summed E-state index contributed by atoms with van der Waals surface area (Å²) in [5.41, 5.74) is 3.18. The second kappa shape index (κ2) is 16.0. The van der Waals surface area contributed by atoms with Gasteiger partial charge in [0, 0.05) is 12.0 Å². The predicted molar refractivity (Wildman–Crippen MR) is 218 cm³/mol. The molecule has 7 rings (SSSR count). The molecule has 0 aliphatic carbocycles. The Kier molecular flexibility index (Phi) is 11.1. The van der Waals surface area contributed by atoms with Crippen molar-refractivity contribution in [2.24, 2.45) is 0 Å². The Morgan fingerprint density at radius 1 is 0.786 bits per heavy atom. The zero-order chi connectivity index (χ0) is 39.5. The summed E-state index contributed by atoms with van der Waals surface area (Å²) < 4.78 is 34.3. The van der Waals surface area contributed by atoms with Crippen LogP contribution in [-0.4, -0.2) is 66.8 Å². The summed E-state index contributed by atoms with van der Waals surface area (Å²) in [4.78, 5) is 26.6. The number of rotatable bonds is 13. The molecule has 0 saturated carbocycles. The molecule has 1 fully saturated rings. The number of fused-ring (bicyclic) bond motifs is 1. The van der Waals surface area contributed by atoms with Crippen molar-refractivity contribution in [3.8, 4) is 11.5 Å². The van der Waals surface area contributed by atoms with E-state index < -0.39 is 32.4 Å². The lowest BCUT2D eigenvalue weighted by molar-refractivity contribution is -0.0911. The Morgan fingerprint density at radius 2 is 1.36 bits per heavy atom. The Bertz CT molecular complexity index is 2200.